The molecule has 0 saturated heterocycles. The first-order valence-electron chi connectivity index (χ1n) is 8.23. The predicted octanol–water partition coefficient (Wildman–Crippen LogP) is 4.08. The second kappa shape index (κ2) is 5.93. The van der Waals surface area contributed by atoms with Crippen LogP contribution in [-0.4, -0.2) is 22.5 Å². The lowest BCUT2D eigenvalue weighted by Crippen LogP contribution is -2.37. The monoisotopic (exact) mass is 320 g/mol. The summed E-state index contributed by atoms with van der Waals surface area (Å²) < 4.78 is 12.0. The van der Waals surface area contributed by atoms with E-state index in [9.17, 15) is 0 Å². The van der Waals surface area contributed by atoms with Gasteiger partial charge in [-0.25, -0.2) is 0 Å². The van der Waals surface area contributed by atoms with Gasteiger partial charge in [0.25, 0.3) is 0 Å². The zero-order valence-electron chi connectivity index (χ0n) is 13.5. The Bertz CT molecular complexity index is 942. The van der Waals surface area contributed by atoms with E-state index in [0.717, 1.165) is 0 Å². The molecule has 0 aliphatic rings. The molecule has 4 aromatic rings. The van der Waals surface area contributed by atoms with E-state index in [1.54, 1.807) is 0 Å². The number of hydrogen-bond acceptors (Lipinski definition) is 2. The van der Waals surface area contributed by atoms with Crippen LogP contribution in [0.15, 0.2) is 54.6 Å². The average molecular weight is 320 g/mol. The van der Waals surface area contributed by atoms with Crippen molar-refractivity contribution in [1.29, 1.82) is 0 Å². The summed E-state index contributed by atoms with van der Waals surface area (Å²) in [5, 5.41) is 9.10. The molecule has 4 aromatic carbocycles. The van der Waals surface area contributed by atoms with Crippen LogP contribution in [0.25, 0.3) is 32.3 Å². The Morgan fingerprint density at radius 3 is 1.91 bits per heavy atom. The molecule has 0 unspecified atom stereocenters. The molecule has 0 saturated carbocycles. The molecule has 0 aromatic heterocycles. The van der Waals surface area contributed by atoms with E-state index >= 15 is 0 Å². The van der Waals surface area contributed by atoms with Crippen molar-refractivity contribution in [2.24, 2.45) is 0 Å². The van der Waals surface area contributed by atoms with Gasteiger partial charge in [-0.15, -0.1) is 0 Å². The zero-order chi connectivity index (χ0) is 15.8. The number of rotatable bonds is 5. The molecular formula is C20H20O2Si. The van der Waals surface area contributed by atoms with Crippen LogP contribution < -0.4 is 5.19 Å². The van der Waals surface area contributed by atoms with Gasteiger partial charge in [-0.3, -0.25) is 0 Å². The van der Waals surface area contributed by atoms with Crippen molar-refractivity contribution in [2.45, 2.75) is 13.8 Å². The van der Waals surface area contributed by atoms with Crippen LogP contribution in [0.1, 0.15) is 13.8 Å². The zero-order valence-corrected chi connectivity index (χ0v) is 14.7. The van der Waals surface area contributed by atoms with Crippen molar-refractivity contribution >= 4 is 46.8 Å². The molecule has 0 amide bonds. The van der Waals surface area contributed by atoms with Crippen molar-refractivity contribution in [2.75, 3.05) is 13.2 Å². The first-order valence-corrected chi connectivity index (χ1v) is 9.75. The van der Waals surface area contributed by atoms with E-state index in [1.807, 2.05) is 13.8 Å². The summed E-state index contributed by atoms with van der Waals surface area (Å²) in [5.41, 5.74) is 0. The normalized spacial score (nSPS) is 12.1. The molecule has 0 bridgehead atoms. The van der Waals surface area contributed by atoms with Crippen LogP contribution >= 0.6 is 0 Å². The van der Waals surface area contributed by atoms with Crippen LogP contribution in [0.3, 0.4) is 0 Å². The van der Waals surface area contributed by atoms with Crippen LogP contribution in [0.4, 0.5) is 0 Å². The first kappa shape index (κ1) is 14.6. The van der Waals surface area contributed by atoms with E-state index in [1.165, 1.54) is 37.5 Å². The maximum atomic E-state index is 5.98. The fourth-order valence-corrected chi connectivity index (χ4v) is 5.30. The van der Waals surface area contributed by atoms with E-state index in [0.29, 0.717) is 13.2 Å². The molecule has 0 spiro atoms. The largest absolute Gasteiger partial charge is 0.394 e. The van der Waals surface area contributed by atoms with Crippen molar-refractivity contribution in [3.63, 3.8) is 0 Å². The molecule has 23 heavy (non-hydrogen) atoms. The summed E-state index contributed by atoms with van der Waals surface area (Å²) >= 11 is 0. The molecule has 116 valence electrons. The molecule has 0 N–H and O–H groups in total. The lowest BCUT2D eigenvalue weighted by molar-refractivity contribution is 0.225. The lowest BCUT2D eigenvalue weighted by Gasteiger charge is -2.19. The Balaban J connectivity index is 2.06. The van der Waals surface area contributed by atoms with Gasteiger partial charge >= 0.3 is 9.28 Å². The van der Waals surface area contributed by atoms with Gasteiger partial charge in [0.2, 0.25) is 0 Å². The molecule has 3 heteroatoms. The summed E-state index contributed by atoms with van der Waals surface area (Å²) in [4.78, 5) is 0. The standard InChI is InChI=1S/C20H20O2Si/c1-3-21-23(22-4-2)18-13-11-16-9-8-14-6-5-7-15-10-12-17(18)20(16)19(14)15/h5-13,23H,3-4H2,1-2H3. The SMILES string of the molecule is CCO[SiH](OCC)c1ccc2ccc3cccc4ccc1c2c34. The van der Waals surface area contributed by atoms with Gasteiger partial charge < -0.3 is 8.85 Å². The maximum absolute atomic E-state index is 5.98. The average Bonchev–Trinajstić information content (AvgIpc) is 2.59. The summed E-state index contributed by atoms with van der Waals surface area (Å²) in [6.07, 6.45) is 0. The highest BCUT2D eigenvalue weighted by Crippen LogP contribution is 2.33. The van der Waals surface area contributed by atoms with Crippen LogP contribution in [-0.2, 0) is 8.85 Å². The van der Waals surface area contributed by atoms with Crippen molar-refractivity contribution in [1.82, 2.24) is 0 Å². The van der Waals surface area contributed by atoms with E-state index in [2.05, 4.69) is 54.6 Å². The molecule has 0 aliphatic heterocycles. The molecule has 4 rings (SSSR count). The Kier molecular flexibility index (Phi) is 3.77. The molecule has 0 atom stereocenters. The molecule has 0 heterocycles. The van der Waals surface area contributed by atoms with E-state index in [-0.39, 0.29) is 0 Å². The minimum absolute atomic E-state index is 0.693. The molecule has 0 aliphatic carbocycles. The van der Waals surface area contributed by atoms with Gasteiger partial charge in [0.15, 0.2) is 0 Å². The molecule has 2 nitrogen and oxygen atoms in total. The summed E-state index contributed by atoms with van der Waals surface area (Å²) in [6.45, 7) is 5.46. The highest BCUT2D eigenvalue weighted by atomic mass is 28.3. The third-order valence-corrected chi connectivity index (χ3v) is 6.74. The Morgan fingerprint density at radius 2 is 1.26 bits per heavy atom. The Hall–Kier alpha value is -1.94. The lowest BCUT2D eigenvalue weighted by atomic mass is 9.94. The highest BCUT2D eigenvalue weighted by Gasteiger charge is 2.20. The van der Waals surface area contributed by atoms with E-state index < -0.39 is 9.28 Å². The number of benzene rings is 4. The first-order chi connectivity index (χ1) is 11.3. The fraction of sp³-hybridized carbons (Fsp3) is 0.200. The van der Waals surface area contributed by atoms with E-state index in [4.69, 9.17) is 8.85 Å². The van der Waals surface area contributed by atoms with Crippen molar-refractivity contribution < 1.29 is 8.85 Å². The van der Waals surface area contributed by atoms with Crippen LogP contribution in [0.2, 0.25) is 0 Å². The van der Waals surface area contributed by atoms with Gasteiger partial charge in [-0.2, -0.15) is 0 Å². The highest BCUT2D eigenvalue weighted by molar-refractivity contribution is 6.65. The smallest absolute Gasteiger partial charge is 0.356 e. The molecule has 0 fully saturated rings. The summed E-state index contributed by atoms with van der Waals surface area (Å²) in [7, 11) is -1.86. The quantitative estimate of drug-likeness (QED) is 0.407. The second-order valence-corrected chi connectivity index (χ2v) is 7.71. The van der Waals surface area contributed by atoms with Crippen molar-refractivity contribution in [3.05, 3.63) is 54.6 Å². The minimum atomic E-state index is -1.86. The summed E-state index contributed by atoms with van der Waals surface area (Å²) in [5.74, 6) is 0. The maximum Gasteiger partial charge on any atom is 0.356 e. The van der Waals surface area contributed by atoms with Crippen molar-refractivity contribution in [3.8, 4) is 0 Å². The van der Waals surface area contributed by atoms with Crippen LogP contribution in [0, 0.1) is 0 Å². The Labute approximate surface area is 137 Å². The third-order valence-electron chi connectivity index (χ3n) is 4.45. The fourth-order valence-electron chi connectivity index (χ4n) is 3.49. The van der Waals surface area contributed by atoms with Gasteiger partial charge in [-0.1, -0.05) is 54.6 Å². The van der Waals surface area contributed by atoms with Gasteiger partial charge in [0.05, 0.1) is 0 Å². The third kappa shape index (κ3) is 2.32. The topological polar surface area (TPSA) is 18.5 Å². The summed E-state index contributed by atoms with van der Waals surface area (Å²) in [6, 6.07) is 19.8. The number of hydrogen-bond donors (Lipinski definition) is 0. The Morgan fingerprint density at radius 1 is 0.696 bits per heavy atom. The van der Waals surface area contributed by atoms with Crippen LogP contribution in [0.5, 0.6) is 0 Å². The van der Waals surface area contributed by atoms with Gasteiger partial charge in [0, 0.05) is 13.2 Å². The predicted molar refractivity (Wildman–Crippen MR) is 100 cm³/mol. The van der Waals surface area contributed by atoms with Gasteiger partial charge in [0.1, 0.15) is 0 Å². The molecular weight excluding hydrogens is 300 g/mol. The molecule has 0 radical (unpaired) electrons. The second-order valence-electron chi connectivity index (χ2n) is 5.75. The van der Waals surface area contributed by atoms with Gasteiger partial charge in [-0.05, 0) is 51.4 Å². The minimum Gasteiger partial charge on any atom is -0.394 e.